The van der Waals surface area contributed by atoms with Crippen molar-refractivity contribution in [3.8, 4) is 23.6 Å². The minimum Gasteiger partial charge on any atom is -0.476 e. The molecule has 0 aliphatic carbocycles. The molecular formula is C17H10ClFN4O5S. The molecule has 0 fully saturated rings. The molecule has 0 radical (unpaired) electrons. The predicted molar refractivity (Wildman–Crippen MR) is 98.2 cm³/mol. The van der Waals surface area contributed by atoms with Gasteiger partial charge in [0.15, 0.2) is 21.3 Å². The van der Waals surface area contributed by atoms with Gasteiger partial charge >= 0.3 is 5.97 Å². The van der Waals surface area contributed by atoms with Gasteiger partial charge in [-0.15, -0.1) is 5.10 Å². The minimum atomic E-state index is -3.57. The van der Waals surface area contributed by atoms with Crippen LogP contribution in [0.2, 0.25) is 5.02 Å². The predicted octanol–water partition coefficient (Wildman–Crippen LogP) is 2.29. The van der Waals surface area contributed by atoms with Crippen LogP contribution < -0.4 is 4.74 Å². The Morgan fingerprint density at radius 2 is 2.03 bits per heavy atom. The number of nitrogens with zero attached hydrogens (tertiary/aromatic N) is 3. The van der Waals surface area contributed by atoms with Crippen molar-refractivity contribution in [3.63, 3.8) is 0 Å². The molecule has 0 atom stereocenters. The van der Waals surface area contributed by atoms with Crippen LogP contribution in [0.5, 0.6) is 11.8 Å². The van der Waals surface area contributed by atoms with E-state index in [2.05, 4.69) is 32.2 Å². The van der Waals surface area contributed by atoms with Gasteiger partial charge < -0.3 is 9.84 Å². The van der Waals surface area contributed by atoms with E-state index in [0.29, 0.717) is 0 Å². The summed E-state index contributed by atoms with van der Waals surface area (Å²) in [5.41, 5.74) is -0.505. The average molecular weight is 437 g/mol. The van der Waals surface area contributed by atoms with E-state index in [4.69, 9.17) is 21.4 Å². The molecule has 12 heteroatoms. The van der Waals surface area contributed by atoms with E-state index < -0.39 is 27.3 Å². The molecule has 0 bridgehead atoms. The first kappa shape index (κ1) is 20.2. The molecule has 0 aliphatic rings. The van der Waals surface area contributed by atoms with E-state index in [-0.39, 0.29) is 32.9 Å². The van der Waals surface area contributed by atoms with Crippen LogP contribution in [0.3, 0.4) is 0 Å². The van der Waals surface area contributed by atoms with Crippen LogP contribution in [-0.2, 0) is 9.84 Å². The number of aromatic carboxylic acids is 1. The van der Waals surface area contributed by atoms with Crippen LogP contribution in [0, 0.1) is 17.7 Å². The van der Waals surface area contributed by atoms with Crippen LogP contribution in [0.1, 0.15) is 21.7 Å². The summed E-state index contributed by atoms with van der Waals surface area (Å²) in [7, 11) is -3.57. The Kier molecular flexibility index (Phi) is 5.49. The Hall–Kier alpha value is -3.49. The Morgan fingerprint density at radius 3 is 2.72 bits per heavy atom. The number of H-pyrrole nitrogens is 1. The lowest BCUT2D eigenvalue weighted by Gasteiger charge is -2.03. The highest BCUT2D eigenvalue weighted by atomic mass is 35.5. The number of carboxylic acid groups (broad SMARTS) is 1. The van der Waals surface area contributed by atoms with Gasteiger partial charge in [0.25, 0.3) is 5.88 Å². The van der Waals surface area contributed by atoms with Gasteiger partial charge in [0, 0.05) is 17.9 Å². The second-order valence-electron chi connectivity index (χ2n) is 5.54. The molecular weight excluding hydrogens is 427 g/mol. The topological polar surface area (TPSA) is 135 Å². The molecule has 0 spiro atoms. The van der Waals surface area contributed by atoms with Gasteiger partial charge in [-0.05, 0) is 30.2 Å². The van der Waals surface area contributed by atoms with Crippen molar-refractivity contribution in [1.82, 2.24) is 20.4 Å². The Bertz CT molecular complexity index is 1280. The number of pyridine rings is 1. The number of carboxylic acids is 1. The number of rotatable bonds is 4. The average Bonchev–Trinajstić information content (AvgIpc) is 3.10. The lowest BCUT2D eigenvalue weighted by molar-refractivity contribution is 0.0687. The molecule has 2 N–H and O–H groups in total. The highest BCUT2D eigenvalue weighted by Gasteiger charge is 2.18. The maximum absolute atomic E-state index is 14.0. The quantitative estimate of drug-likeness (QED) is 0.594. The molecule has 0 saturated carbocycles. The summed E-state index contributed by atoms with van der Waals surface area (Å²) in [4.78, 5) is 14.8. The zero-order valence-corrected chi connectivity index (χ0v) is 16.0. The van der Waals surface area contributed by atoms with Crippen LogP contribution in [0.15, 0.2) is 35.2 Å². The van der Waals surface area contributed by atoms with E-state index in [1.807, 2.05) is 0 Å². The van der Waals surface area contributed by atoms with Gasteiger partial charge in [-0.2, -0.15) is 0 Å². The Balaban J connectivity index is 1.93. The number of sulfone groups is 1. The first-order valence-electron chi connectivity index (χ1n) is 7.65. The SMILES string of the molecule is CS(=O)(=O)c1cc(C#Cc2nc(Oc3[nH]nnc3C(=O)O)ccc2F)ccc1Cl. The van der Waals surface area contributed by atoms with Crippen LogP contribution in [0.4, 0.5) is 4.39 Å². The number of aromatic amines is 1. The van der Waals surface area contributed by atoms with Crippen molar-refractivity contribution >= 4 is 27.4 Å². The molecule has 2 heterocycles. The van der Waals surface area contributed by atoms with Gasteiger partial charge in [0.1, 0.15) is 0 Å². The fourth-order valence-electron chi connectivity index (χ4n) is 2.10. The molecule has 2 aromatic heterocycles. The molecule has 3 aromatic rings. The third-order valence-electron chi connectivity index (χ3n) is 3.40. The number of aromatic nitrogens is 4. The Labute approximate surface area is 168 Å². The van der Waals surface area contributed by atoms with E-state index >= 15 is 0 Å². The van der Waals surface area contributed by atoms with Crippen molar-refractivity contribution in [2.45, 2.75) is 4.90 Å². The number of halogens is 2. The number of nitrogens with one attached hydrogen (secondary N) is 1. The first-order chi connectivity index (χ1) is 13.6. The molecule has 9 nitrogen and oxygen atoms in total. The normalized spacial score (nSPS) is 10.9. The van der Waals surface area contributed by atoms with E-state index in [1.54, 1.807) is 0 Å². The van der Waals surface area contributed by atoms with Crippen LogP contribution in [0.25, 0.3) is 0 Å². The first-order valence-corrected chi connectivity index (χ1v) is 9.92. The van der Waals surface area contributed by atoms with Crippen LogP contribution in [-0.4, -0.2) is 46.1 Å². The lowest BCUT2D eigenvalue weighted by Crippen LogP contribution is -2.01. The number of benzene rings is 1. The van der Waals surface area contributed by atoms with E-state index in [1.165, 1.54) is 18.2 Å². The molecule has 0 aliphatic heterocycles. The molecule has 0 amide bonds. The maximum atomic E-state index is 14.0. The van der Waals surface area contributed by atoms with Crippen molar-refractivity contribution in [2.24, 2.45) is 0 Å². The minimum absolute atomic E-state index is 0.0418. The summed E-state index contributed by atoms with van der Waals surface area (Å²) in [5.74, 6) is 2.50. The van der Waals surface area contributed by atoms with Crippen molar-refractivity contribution in [3.05, 3.63) is 58.1 Å². The van der Waals surface area contributed by atoms with Gasteiger partial charge in [-0.3, -0.25) is 0 Å². The highest BCUT2D eigenvalue weighted by Crippen LogP contribution is 2.23. The third-order valence-corrected chi connectivity index (χ3v) is 4.98. The lowest BCUT2D eigenvalue weighted by atomic mass is 10.2. The van der Waals surface area contributed by atoms with E-state index in [0.717, 1.165) is 18.4 Å². The molecule has 0 saturated heterocycles. The number of ether oxygens (including phenoxy) is 1. The molecule has 1 aromatic carbocycles. The summed E-state index contributed by atoms with van der Waals surface area (Å²) >= 11 is 5.88. The molecule has 29 heavy (non-hydrogen) atoms. The van der Waals surface area contributed by atoms with Crippen molar-refractivity contribution in [2.75, 3.05) is 6.26 Å². The van der Waals surface area contributed by atoms with Gasteiger partial charge in [-0.25, -0.2) is 27.7 Å². The summed E-state index contributed by atoms with van der Waals surface area (Å²) in [6.45, 7) is 0. The smallest absolute Gasteiger partial charge is 0.362 e. The van der Waals surface area contributed by atoms with Crippen molar-refractivity contribution in [1.29, 1.82) is 0 Å². The zero-order valence-electron chi connectivity index (χ0n) is 14.5. The fraction of sp³-hybridized carbons (Fsp3) is 0.0588. The van der Waals surface area contributed by atoms with Gasteiger partial charge in [0.05, 0.1) is 9.92 Å². The summed E-state index contributed by atoms with van der Waals surface area (Å²) in [5, 5.41) is 17.9. The monoisotopic (exact) mass is 436 g/mol. The Morgan fingerprint density at radius 1 is 1.28 bits per heavy atom. The van der Waals surface area contributed by atoms with Gasteiger partial charge in [-0.1, -0.05) is 22.7 Å². The summed E-state index contributed by atoms with van der Waals surface area (Å²) in [6, 6.07) is 6.29. The maximum Gasteiger partial charge on any atom is 0.362 e. The highest BCUT2D eigenvalue weighted by molar-refractivity contribution is 7.90. The van der Waals surface area contributed by atoms with Gasteiger partial charge in [0.2, 0.25) is 11.6 Å². The second kappa shape index (κ2) is 7.86. The standard InChI is InChI=1S/C17H10ClFN4O5S/c1-29(26,27)13-8-9(2-4-10(13)18)3-6-12-11(19)5-7-14(20-12)28-16-15(17(24)25)21-23-22-16/h2,4-5,7-8H,1H3,(H,24,25)(H,21,22,23). The number of carbonyl (C=O) groups is 1. The number of hydrogen-bond acceptors (Lipinski definition) is 7. The largest absolute Gasteiger partial charge is 0.476 e. The summed E-state index contributed by atoms with van der Waals surface area (Å²) in [6.07, 6.45) is 1.00. The van der Waals surface area contributed by atoms with Crippen LogP contribution >= 0.6 is 11.6 Å². The zero-order chi connectivity index (χ0) is 21.2. The second-order valence-corrected chi connectivity index (χ2v) is 7.94. The van der Waals surface area contributed by atoms with E-state index in [9.17, 15) is 17.6 Å². The molecule has 3 rings (SSSR count). The summed E-state index contributed by atoms with van der Waals surface area (Å²) < 4.78 is 42.7. The number of hydrogen-bond donors (Lipinski definition) is 2. The van der Waals surface area contributed by atoms with Crippen molar-refractivity contribution < 1.29 is 27.4 Å². The fourth-order valence-corrected chi connectivity index (χ4v) is 3.40. The third kappa shape index (κ3) is 4.68. The molecule has 148 valence electrons. The molecule has 0 unspecified atom stereocenters.